The minimum absolute atomic E-state index is 0.0222. The van der Waals surface area contributed by atoms with Gasteiger partial charge >= 0.3 is 5.97 Å². The number of carbonyl (C=O) groups is 1. The Bertz CT molecular complexity index is 509. The van der Waals surface area contributed by atoms with Crippen LogP contribution in [0.2, 0.25) is 0 Å². The van der Waals surface area contributed by atoms with E-state index in [4.69, 9.17) is 5.11 Å². The molecule has 2 N–H and O–H groups in total. The van der Waals surface area contributed by atoms with E-state index in [0.29, 0.717) is 12.8 Å². The molecule has 18 heavy (non-hydrogen) atoms. The second-order valence-corrected chi connectivity index (χ2v) is 5.66. The molecule has 0 bridgehead atoms. The van der Waals surface area contributed by atoms with E-state index in [0.717, 1.165) is 0 Å². The first-order chi connectivity index (χ1) is 8.36. The third-order valence-electron chi connectivity index (χ3n) is 2.43. The standard InChI is InChI=1S/C10H17N3O4S/c1-3-4-8(7-10(14)15)12-18(16,17)9-5-6-11-13(9)2/h5-6,8,12H,3-4,7H2,1-2H3,(H,14,15). The van der Waals surface area contributed by atoms with Gasteiger partial charge in [0.2, 0.25) is 0 Å². The maximum absolute atomic E-state index is 12.0. The first kappa shape index (κ1) is 14.7. The summed E-state index contributed by atoms with van der Waals surface area (Å²) in [5, 5.41) is 12.5. The summed E-state index contributed by atoms with van der Waals surface area (Å²) in [4.78, 5) is 10.7. The Morgan fingerprint density at radius 3 is 2.72 bits per heavy atom. The zero-order valence-corrected chi connectivity index (χ0v) is 11.1. The van der Waals surface area contributed by atoms with Crippen LogP contribution < -0.4 is 4.72 Å². The molecule has 1 atom stereocenters. The number of aliphatic carboxylic acids is 1. The van der Waals surface area contributed by atoms with Crippen molar-refractivity contribution in [2.75, 3.05) is 0 Å². The summed E-state index contributed by atoms with van der Waals surface area (Å²) in [6.07, 6.45) is 2.32. The molecule has 0 fully saturated rings. The molecule has 0 spiro atoms. The highest BCUT2D eigenvalue weighted by Crippen LogP contribution is 2.10. The van der Waals surface area contributed by atoms with Crippen LogP contribution in [0.4, 0.5) is 0 Å². The number of carboxylic acid groups (broad SMARTS) is 1. The van der Waals surface area contributed by atoms with E-state index < -0.39 is 22.0 Å². The van der Waals surface area contributed by atoms with Crippen molar-refractivity contribution >= 4 is 16.0 Å². The number of aryl methyl sites for hydroxylation is 1. The molecule has 0 saturated carbocycles. The predicted octanol–water partition coefficient (Wildman–Crippen LogP) is 0.342. The molecule has 7 nitrogen and oxygen atoms in total. The number of hydrogen-bond donors (Lipinski definition) is 2. The van der Waals surface area contributed by atoms with Gasteiger partial charge in [0.15, 0.2) is 5.03 Å². The summed E-state index contributed by atoms with van der Waals surface area (Å²) >= 11 is 0. The van der Waals surface area contributed by atoms with Crippen LogP contribution in [0.15, 0.2) is 17.3 Å². The van der Waals surface area contributed by atoms with Crippen molar-refractivity contribution in [3.8, 4) is 0 Å². The van der Waals surface area contributed by atoms with Crippen molar-refractivity contribution in [1.82, 2.24) is 14.5 Å². The maximum Gasteiger partial charge on any atom is 0.304 e. The molecule has 1 aromatic rings. The van der Waals surface area contributed by atoms with E-state index in [1.807, 2.05) is 6.92 Å². The van der Waals surface area contributed by atoms with Crippen LogP contribution in [-0.2, 0) is 21.9 Å². The molecule has 0 aliphatic heterocycles. The van der Waals surface area contributed by atoms with Crippen LogP contribution in [0.5, 0.6) is 0 Å². The Labute approximate surface area is 106 Å². The topological polar surface area (TPSA) is 101 Å². The van der Waals surface area contributed by atoms with Gasteiger partial charge in [-0.05, 0) is 12.5 Å². The fraction of sp³-hybridized carbons (Fsp3) is 0.600. The average Bonchev–Trinajstić information content (AvgIpc) is 2.63. The Morgan fingerprint density at radius 1 is 1.61 bits per heavy atom. The zero-order valence-electron chi connectivity index (χ0n) is 10.3. The second-order valence-electron chi connectivity index (χ2n) is 4.00. The predicted molar refractivity (Wildman–Crippen MR) is 64.5 cm³/mol. The minimum atomic E-state index is -3.73. The number of rotatable bonds is 7. The Balaban J connectivity index is 2.86. The number of nitrogens with zero attached hydrogens (tertiary/aromatic N) is 2. The smallest absolute Gasteiger partial charge is 0.304 e. The zero-order chi connectivity index (χ0) is 13.8. The van der Waals surface area contributed by atoms with Gasteiger partial charge in [-0.2, -0.15) is 5.10 Å². The third kappa shape index (κ3) is 3.81. The summed E-state index contributed by atoms with van der Waals surface area (Å²) < 4.78 is 27.7. The normalized spacial score (nSPS) is 13.4. The van der Waals surface area contributed by atoms with Crippen molar-refractivity contribution in [2.24, 2.45) is 7.05 Å². The van der Waals surface area contributed by atoms with E-state index in [-0.39, 0.29) is 11.4 Å². The van der Waals surface area contributed by atoms with Crippen LogP contribution in [0, 0.1) is 0 Å². The lowest BCUT2D eigenvalue weighted by molar-refractivity contribution is -0.137. The van der Waals surface area contributed by atoms with Crippen LogP contribution in [0.3, 0.4) is 0 Å². The summed E-state index contributed by atoms with van der Waals surface area (Å²) in [6.45, 7) is 1.87. The minimum Gasteiger partial charge on any atom is -0.481 e. The first-order valence-corrected chi connectivity index (χ1v) is 7.07. The van der Waals surface area contributed by atoms with Crippen molar-refractivity contribution in [1.29, 1.82) is 0 Å². The summed E-state index contributed by atoms with van der Waals surface area (Å²) in [6, 6.07) is 0.763. The molecule has 0 saturated heterocycles. The van der Waals surface area contributed by atoms with Crippen LogP contribution >= 0.6 is 0 Å². The van der Waals surface area contributed by atoms with Gasteiger partial charge in [-0.1, -0.05) is 13.3 Å². The lowest BCUT2D eigenvalue weighted by Crippen LogP contribution is -2.37. The Kier molecular flexibility index (Phi) is 4.85. The molecule has 1 unspecified atom stereocenters. The van der Waals surface area contributed by atoms with Crippen LogP contribution in [0.25, 0.3) is 0 Å². The number of nitrogens with one attached hydrogen (secondary N) is 1. The lowest BCUT2D eigenvalue weighted by Gasteiger charge is -2.16. The highest BCUT2D eigenvalue weighted by atomic mass is 32.2. The molecule has 1 heterocycles. The van der Waals surface area contributed by atoms with Crippen LogP contribution in [-0.4, -0.2) is 35.3 Å². The third-order valence-corrected chi connectivity index (χ3v) is 4.03. The van der Waals surface area contributed by atoms with E-state index in [1.165, 1.54) is 24.0 Å². The van der Waals surface area contributed by atoms with Crippen molar-refractivity contribution in [3.05, 3.63) is 12.3 Å². The number of sulfonamides is 1. The van der Waals surface area contributed by atoms with Gasteiger partial charge in [-0.15, -0.1) is 0 Å². The van der Waals surface area contributed by atoms with E-state index in [1.54, 1.807) is 0 Å². The van der Waals surface area contributed by atoms with E-state index in [9.17, 15) is 13.2 Å². The fourth-order valence-electron chi connectivity index (χ4n) is 1.67. The summed E-state index contributed by atoms with van der Waals surface area (Å²) in [5.41, 5.74) is 0. The Morgan fingerprint density at radius 2 is 2.28 bits per heavy atom. The number of carboxylic acids is 1. The highest BCUT2D eigenvalue weighted by Gasteiger charge is 2.23. The Hall–Kier alpha value is -1.41. The number of aromatic nitrogens is 2. The molecule has 8 heteroatoms. The SMILES string of the molecule is CCCC(CC(=O)O)NS(=O)(=O)c1ccnn1C. The van der Waals surface area contributed by atoms with Crippen molar-refractivity contribution in [2.45, 2.75) is 37.3 Å². The average molecular weight is 275 g/mol. The molecule has 0 aromatic carbocycles. The molecule has 1 rings (SSSR count). The monoisotopic (exact) mass is 275 g/mol. The summed E-state index contributed by atoms with van der Waals surface area (Å²) in [7, 11) is -2.21. The molecule has 1 aromatic heterocycles. The molecule has 102 valence electrons. The molecule has 0 amide bonds. The lowest BCUT2D eigenvalue weighted by atomic mass is 10.1. The first-order valence-electron chi connectivity index (χ1n) is 5.59. The van der Waals surface area contributed by atoms with E-state index in [2.05, 4.69) is 9.82 Å². The van der Waals surface area contributed by atoms with E-state index >= 15 is 0 Å². The molecular formula is C10H17N3O4S. The molecule has 0 aliphatic carbocycles. The van der Waals surface area contributed by atoms with Gasteiger partial charge in [0.25, 0.3) is 10.0 Å². The van der Waals surface area contributed by atoms with Crippen molar-refractivity contribution < 1.29 is 18.3 Å². The van der Waals surface area contributed by atoms with Gasteiger partial charge in [-0.25, -0.2) is 13.1 Å². The molecule has 0 aliphatic rings. The highest BCUT2D eigenvalue weighted by molar-refractivity contribution is 7.89. The summed E-state index contributed by atoms with van der Waals surface area (Å²) in [5.74, 6) is -1.03. The molecular weight excluding hydrogens is 258 g/mol. The van der Waals surface area contributed by atoms with Gasteiger partial charge in [-0.3, -0.25) is 9.48 Å². The van der Waals surface area contributed by atoms with Crippen LogP contribution in [0.1, 0.15) is 26.2 Å². The van der Waals surface area contributed by atoms with Gasteiger partial charge in [0.1, 0.15) is 0 Å². The van der Waals surface area contributed by atoms with Gasteiger partial charge in [0, 0.05) is 13.1 Å². The second kappa shape index (κ2) is 5.96. The quantitative estimate of drug-likeness (QED) is 0.747. The maximum atomic E-state index is 12.0. The van der Waals surface area contributed by atoms with Gasteiger partial charge < -0.3 is 5.11 Å². The van der Waals surface area contributed by atoms with Gasteiger partial charge in [0.05, 0.1) is 12.6 Å². The number of hydrogen-bond acceptors (Lipinski definition) is 4. The fourth-order valence-corrected chi connectivity index (χ4v) is 3.06. The molecule has 0 radical (unpaired) electrons. The van der Waals surface area contributed by atoms with Crippen molar-refractivity contribution in [3.63, 3.8) is 0 Å². The largest absolute Gasteiger partial charge is 0.481 e.